The highest BCUT2D eigenvalue weighted by molar-refractivity contribution is 5.92. The van der Waals surface area contributed by atoms with E-state index in [2.05, 4.69) is 10.6 Å². The molecule has 9 heteroatoms. The fraction of sp³-hybridized carbons (Fsp3) is 0.765. The zero-order valence-corrected chi connectivity index (χ0v) is 15.8. The maximum atomic E-state index is 12.5. The van der Waals surface area contributed by atoms with Crippen molar-refractivity contribution in [2.75, 3.05) is 0 Å². The molecule has 0 aromatic rings. The zero-order chi connectivity index (χ0) is 20.4. The summed E-state index contributed by atoms with van der Waals surface area (Å²) in [6, 6.07) is -3.06. The Labute approximate surface area is 153 Å². The predicted molar refractivity (Wildman–Crippen MR) is 95.3 cm³/mol. The summed E-state index contributed by atoms with van der Waals surface area (Å²) in [5.41, 5.74) is 5.67. The fourth-order valence-corrected chi connectivity index (χ4v) is 2.33. The summed E-state index contributed by atoms with van der Waals surface area (Å²) < 4.78 is 0. The number of hydrogen-bond donors (Lipinski definition) is 5. The van der Waals surface area contributed by atoms with Gasteiger partial charge in [0.2, 0.25) is 11.8 Å². The standard InChI is InChI=1S/C17H31N3O6/c1-5-10(4)14(20-15(23)11(18)6-7-13(21)22)16(24)19-12(17(25)26)8-9(2)3/h9-12,14H,5-8,18H2,1-4H3,(H,19,24)(H,20,23)(H,21,22)(H,25,26)/t10-,11-,12-,14-/m0/s1. The first-order valence-corrected chi connectivity index (χ1v) is 8.80. The lowest BCUT2D eigenvalue weighted by atomic mass is 9.96. The van der Waals surface area contributed by atoms with E-state index in [4.69, 9.17) is 10.8 Å². The monoisotopic (exact) mass is 373 g/mol. The number of carbonyl (C=O) groups excluding carboxylic acids is 2. The number of carboxylic acid groups (broad SMARTS) is 2. The van der Waals surface area contributed by atoms with Crippen molar-refractivity contribution in [2.45, 2.75) is 71.5 Å². The Morgan fingerprint density at radius 1 is 1.00 bits per heavy atom. The van der Waals surface area contributed by atoms with Gasteiger partial charge in [0.25, 0.3) is 0 Å². The van der Waals surface area contributed by atoms with Crippen LogP contribution in [0.25, 0.3) is 0 Å². The highest BCUT2D eigenvalue weighted by Gasteiger charge is 2.31. The van der Waals surface area contributed by atoms with E-state index in [-0.39, 0.29) is 31.1 Å². The second kappa shape index (κ2) is 11.5. The van der Waals surface area contributed by atoms with Crippen LogP contribution in [0.4, 0.5) is 0 Å². The van der Waals surface area contributed by atoms with Gasteiger partial charge in [0.1, 0.15) is 12.1 Å². The largest absolute Gasteiger partial charge is 0.481 e. The number of hydrogen-bond acceptors (Lipinski definition) is 5. The summed E-state index contributed by atoms with van der Waals surface area (Å²) in [5, 5.41) is 22.9. The third kappa shape index (κ3) is 8.80. The quantitative estimate of drug-likeness (QED) is 0.329. The van der Waals surface area contributed by atoms with Gasteiger partial charge in [0, 0.05) is 6.42 Å². The smallest absolute Gasteiger partial charge is 0.326 e. The molecule has 0 saturated carbocycles. The maximum Gasteiger partial charge on any atom is 0.326 e. The van der Waals surface area contributed by atoms with Crippen LogP contribution >= 0.6 is 0 Å². The van der Waals surface area contributed by atoms with Crippen LogP contribution in [0.2, 0.25) is 0 Å². The van der Waals surface area contributed by atoms with Crippen molar-refractivity contribution in [1.29, 1.82) is 0 Å². The first kappa shape index (κ1) is 23.8. The second-order valence-corrected chi connectivity index (χ2v) is 6.94. The van der Waals surface area contributed by atoms with E-state index >= 15 is 0 Å². The summed E-state index contributed by atoms with van der Waals surface area (Å²) in [5.74, 6) is -3.62. The highest BCUT2D eigenvalue weighted by atomic mass is 16.4. The Morgan fingerprint density at radius 3 is 2.00 bits per heavy atom. The van der Waals surface area contributed by atoms with Gasteiger partial charge in [-0.1, -0.05) is 34.1 Å². The van der Waals surface area contributed by atoms with Crippen molar-refractivity contribution in [2.24, 2.45) is 17.6 Å². The Kier molecular flexibility index (Phi) is 10.5. The van der Waals surface area contributed by atoms with Gasteiger partial charge in [-0.3, -0.25) is 14.4 Å². The Balaban J connectivity index is 5.06. The number of amides is 2. The van der Waals surface area contributed by atoms with Crippen molar-refractivity contribution in [3.63, 3.8) is 0 Å². The lowest BCUT2D eigenvalue weighted by Gasteiger charge is -2.27. The molecular weight excluding hydrogens is 342 g/mol. The molecule has 2 amide bonds. The zero-order valence-electron chi connectivity index (χ0n) is 15.8. The highest BCUT2D eigenvalue weighted by Crippen LogP contribution is 2.11. The van der Waals surface area contributed by atoms with Crippen LogP contribution in [0, 0.1) is 11.8 Å². The van der Waals surface area contributed by atoms with Gasteiger partial charge >= 0.3 is 11.9 Å². The molecular formula is C17H31N3O6. The number of carbonyl (C=O) groups is 4. The molecule has 0 aliphatic rings. The molecule has 0 aromatic heterocycles. The summed E-state index contributed by atoms with van der Waals surface area (Å²) in [7, 11) is 0. The third-order valence-electron chi connectivity index (χ3n) is 4.12. The van der Waals surface area contributed by atoms with Gasteiger partial charge in [-0.15, -0.1) is 0 Å². The Morgan fingerprint density at radius 2 is 1.58 bits per heavy atom. The van der Waals surface area contributed by atoms with E-state index in [1.54, 1.807) is 6.92 Å². The number of nitrogens with two attached hydrogens (primary N) is 1. The van der Waals surface area contributed by atoms with E-state index in [0.29, 0.717) is 6.42 Å². The molecule has 0 heterocycles. The van der Waals surface area contributed by atoms with E-state index in [0.717, 1.165) is 0 Å². The molecule has 26 heavy (non-hydrogen) atoms. The Bertz CT molecular complexity index is 509. The number of aliphatic carboxylic acids is 2. The molecule has 150 valence electrons. The normalized spacial score (nSPS) is 15.6. The lowest BCUT2D eigenvalue weighted by molar-refractivity contribution is -0.143. The van der Waals surface area contributed by atoms with Crippen LogP contribution in [0.1, 0.15) is 53.4 Å². The first-order chi connectivity index (χ1) is 12.0. The molecule has 0 spiro atoms. The molecule has 0 unspecified atom stereocenters. The van der Waals surface area contributed by atoms with E-state index in [9.17, 15) is 24.3 Å². The molecule has 0 rings (SSSR count). The summed E-state index contributed by atoms with van der Waals surface area (Å²) in [4.78, 5) is 46.6. The van der Waals surface area contributed by atoms with E-state index in [1.807, 2.05) is 20.8 Å². The molecule has 0 aromatic carbocycles. The van der Waals surface area contributed by atoms with E-state index in [1.165, 1.54) is 0 Å². The van der Waals surface area contributed by atoms with Gasteiger partial charge in [0.15, 0.2) is 0 Å². The average molecular weight is 373 g/mol. The molecule has 0 bridgehead atoms. The van der Waals surface area contributed by atoms with Crippen LogP contribution in [-0.4, -0.2) is 52.1 Å². The molecule has 0 saturated heterocycles. The van der Waals surface area contributed by atoms with Crippen molar-refractivity contribution in [3.05, 3.63) is 0 Å². The van der Waals surface area contributed by atoms with Crippen LogP contribution < -0.4 is 16.4 Å². The van der Waals surface area contributed by atoms with Crippen molar-refractivity contribution >= 4 is 23.8 Å². The van der Waals surface area contributed by atoms with E-state index < -0.39 is 41.9 Å². The number of nitrogens with one attached hydrogen (secondary N) is 2. The van der Waals surface area contributed by atoms with Crippen LogP contribution in [0.3, 0.4) is 0 Å². The molecule has 0 aliphatic heterocycles. The molecule has 4 atom stereocenters. The minimum absolute atomic E-state index is 0.0545. The number of carboxylic acids is 2. The van der Waals surface area contributed by atoms with Gasteiger partial charge in [0.05, 0.1) is 6.04 Å². The van der Waals surface area contributed by atoms with Gasteiger partial charge < -0.3 is 26.6 Å². The van der Waals surface area contributed by atoms with Gasteiger partial charge in [-0.05, 0) is 24.7 Å². The fourth-order valence-electron chi connectivity index (χ4n) is 2.33. The summed E-state index contributed by atoms with van der Waals surface area (Å²) in [6.07, 6.45) is 0.524. The third-order valence-corrected chi connectivity index (χ3v) is 4.12. The first-order valence-electron chi connectivity index (χ1n) is 8.80. The topological polar surface area (TPSA) is 159 Å². The van der Waals surface area contributed by atoms with Crippen LogP contribution in [0.5, 0.6) is 0 Å². The Hall–Kier alpha value is -2.16. The summed E-state index contributed by atoms with van der Waals surface area (Å²) >= 11 is 0. The number of rotatable bonds is 12. The molecule has 0 radical (unpaired) electrons. The van der Waals surface area contributed by atoms with Gasteiger partial charge in [-0.2, -0.15) is 0 Å². The van der Waals surface area contributed by atoms with Crippen molar-refractivity contribution < 1.29 is 29.4 Å². The molecule has 6 N–H and O–H groups in total. The minimum atomic E-state index is -1.14. The van der Waals surface area contributed by atoms with Crippen LogP contribution in [-0.2, 0) is 19.2 Å². The maximum absolute atomic E-state index is 12.5. The predicted octanol–water partition coefficient (Wildman–Crippen LogP) is 0.325. The average Bonchev–Trinajstić information content (AvgIpc) is 2.55. The van der Waals surface area contributed by atoms with Gasteiger partial charge in [-0.25, -0.2) is 4.79 Å². The minimum Gasteiger partial charge on any atom is -0.481 e. The molecule has 0 fully saturated rings. The summed E-state index contributed by atoms with van der Waals surface area (Å²) in [6.45, 7) is 7.28. The molecule has 0 aliphatic carbocycles. The second-order valence-electron chi connectivity index (χ2n) is 6.94. The van der Waals surface area contributed by atoms with Crippen molar-refractivity contribution in [3.8, 4) is 0 Å². The molecule has 9 nitrogen and oxygen atoms in total. The SMILES string of the molecule is CC[C@H](C)[C@H](NC(=O)[C@@H](N)CCC(=O)O)C(=O)N[C@@H](CC(C)C)C(=O)O. The van der Waals surface area contributed by atoms with Crippen molar-refractivity contribution in [1.82, 2.24) is 10.6 Å². The van der Waals surface area contributed by atoms with Crippen LogP contribution in [0.15, 0.2) is 0 Å². The lowest BCUT2D eigenvalue weighted by Crippen LogP contribution is -2.56.